The summed E-state index contributed by atoms with van der Waals surface area (Å²) in [6, 6.07) is 0. The summed E-state index contributed by atoms with van der Waals surface area (Å²) in [4.78, 5) is 0. The lowest BCUT2D eigenvalue weighted by Gasteiger charge is -2.01. The summed E-state index contributed by atoms with van der Waals surface area (Å²) in [6.45, 7) is 5.29. The van der Waals surface area contributed by atoms with Crippen LogP contribution in [0, 0.1) is 0 Å². The highest BCUT2D eigenvalue weighted by Crippen LogP contribution is 2.12. The Hall–Kier alpha value is 0.210. The fraction of sp³-hybridized carbons (Fsp3) is 1.00. The van der Waals surface area contributed by atoms with E-state index in [2.05, 4.69) is 13.8 Å². The van der Waals surface area contributed by atoms with Crippen molar-refractivity contribution in [1.82, 2.24) is 0 Å². The molecule has 0 aliphatic heterocycles. The summed E-state index contributed by atoms with van der Waals surface area (Å²) >= 11 is 0. The quantitative estimate of drug-likeness (QED) is 0.139. The van der Waals surface area contributed by atoms with Crippen LogP contribution in [0.4, 0.5) is 0 Å². The lowest BCUT2D eigenvalue weighted by atomic mass is 10.1. The van der Waals surface area contributed by atoms with Crippen LogP contribution in [0.1, 0.15) is 168 Å². The molecule has 0 aliphatic carbocycles. The smallest absolute Gasteiger partial charge is 0.0431 e. The van der Waals surface area contributed by atoms with Gasteiger partial charge in [-0.15, -0.1) is 12.4 Å². The van der Waals surface area contributed by atoms with Gasteiger partial charge in [0.05, 0.1) is 0 Å². The first-order valence-electron chi connectivity index (χ1n) is 14.0. The molecule has 0 atom stereocenters. The van der Waals surface area contributed by atoms with Gasteiger partial charge in [0.15, 0.2) is 0 Å². The largest absolute Gasteiger partial charge is 0.396 e. The van der Waals surface area contributed by atoms with Crippen LogP contribution in [0.25, 0.3) is 0 Å². The maximum absolute atomic E-state index is 8.61. The molecule has 0 aromatic rings. The minimum atomic E-state index is 0. The molecule has 31 heavy (non-hydrogen) atoms. The molecule has 0 aliphatic rings. The van der Waals surface area contributed by atoms with E-state index in [1.54, 1.807) is 0 Å². The second kappa shape index (κ2) is 37.5. The molecule has 0 aromatic heterocycles. The van der Waals surface area contributed by atoms with E-state index in [1.807, 2.05) is 0 Å². The van der Waals surface area contributed by atoms with Crippen LogP contribution in [0.5, 0.6) is 0 Å². The monoisotopic (exact) mass is 464 g/mol. The van der Waals surface area contributed by atoms with Crippen molar-refractivity contribution < 1.29 is 10.2 Å². The number of hydrogen-bond donors (Lipinski definition) is 2. The summed E-state index contributed by atoms with van der Waals surface area (Å²) in [6.07, 6.45) is 32.5. The molecule has 0 unspecified atom stereocenters. The number of halogens is 1. The van der Waals surface area contributed by atoms with E-state index < -0.39 is 0 Å². The molecule has 0 heterocycles. The van der Waals surface area contributed by atoms with Crippen LogP contribution in [0.3, 0.4) is 0 Å². The molecule has 0 radical (unpaired) electrons. The fourth-order valence-corrected chi connectivity index (χ4v) is 3.91. The van der Waals surface area contributed by atoms with Gasteiger partial charge >= 0.3 is 0 Å². The van der Waals surface area contributed by atoms with Gasteiger partial charge in [-0.05, 0) is 12.8 Å². The summed E-state index contributed by atoms with van der Waals surface area (Å²) in [5.41, 5.74) is 0. The van der Waals surface area contributed by atoms with Gasteiger partial charge in [-0.3, -0.25) is 0 Å². The van der Waals surface area contributed by atoms with Crippen molar-refractivity contribution in [2.24, 2.45) is 0 Å². The molecule has 0 rings (SSSR count). The van der Waals surface area contributed by atoms with Gasteiger partial charge in [0.1, 0.15) is 0 Å². The highest BCUT2D eigenvalue weighted by Gasteiger charge is 1.93. The van der Waals surface area contributed by atoms with Crippen molar-refractivity contribution in [3.05, 3.63) is 0 Å². The van der Waals surface area contributed by atoms with Gasteiger partial charge < -0.3 is 10.2 Å². The maximum atomic E-state index is 8.61. The molecule has 0 amide bonds. The Morgan fingerprint density at radius 1 is 0.290 bits per heavy atom. The van der Waals surface area contributed by atoms with E-state index in [1.165, 1.54) is 141 Å². The Labute approximate surface area is 203 Å². The molecule has 0 saturated heterocycles. The number of aliphatic hydroxyl groups excluding tert-OH is 2. The Kier molecular flexibility index (Phi) is 43.3. The van der Waals surface area contributed by atoms with E-state index >= 15 is 0 Å². The molecule has 3 heteroatoms. The third-order valence-electron chi connectivity index (χ3n) is 6.02. The molecule has 2 N–H and O–H groups in total. The van der Waals surface area contributed by atoms with Crippen LogP contribution in [0.15, 0.2) is 0 Å². The average molecular weight is 465 g/mol. The predicted molar refractivity (Wildman–Crippen MR) is 144 cm³/mol. The van der Waals surface area contributed by atoms with Crippen LogP contribution < -0.4 is 0 Å². The third-order valence-corrected chi connectivity index (χ3v) is 6.02. The van der Waals surface area contributed by atoms with Gasteiger partial charge in [0.25, 0.3) is 0 Å². The maximum Gasteiger partial charge on any atom is 0.0431 e. The second-order valence-corrected chi connectivity index (χ2v) is 9.23. The highest BCUT2D eigenvalue weighted by atomic mass is 35.5. The second-order valence-electron chi connectivity index (χ2n) is 9.23. The molecule has 2 nitrogen and oxygen atoms in total. The van der Waals surface area contributed by atoms with E-state index in [9.17, 15) is 0 Å². The fourth-order valence-electron chi connectivity index (χ4n) is 3.91. The summed E-state index contributed by atoms with van der Waals surface area (Å²) in [5.74, 6) is 0. The van der Waals surface area contributed by atoms with E-state index in [-0.39, 0.29) is 12.4 Å². The lowest BCUT2D eigenvalue weighted by molar-refractivity contribution is 0.282. The molecule has 0 bridgehead atoms. The van der Waals surface area contributed by atoms with Gasteiger partial charge in [-0.1, -0.05) is 155 Å². The number of aliphatic hydroxyl groups is 2. The SMILES string of the molecule is CCCCCCCCCCCCCCO.CCCCCCCCCCCCCCO.Cl. The Morgan fingerprint density at radius 3 is 0.613 bits per heavy atom. The van der Waals surface area contributed by atoms with E-state index in [0.29, 0.717) is 13.2 Å². The molecule has 0 aromatic carbocycles. The molecule has 0 fully saturated rings. The molecule has 192 valence electrons. The predicted octanol–water partition coefficient (Wildman–Crippen LogP) is 9.78. The first-order chi connectivity index (χ1) is 14.8. The Bertz CT molecular complexity index is 211. The summed E-state index contributed by atoms with van der Waals surface area (Å²) < 4.78 is 0. The van der Waals surface area contributed by atoms with Crippen molar-refractivity contribution in [3.63, 3.8) is 0 Å². The minimum Gasteiger partial charge on any atom is -0.396 e. The van der Waals surface area contributed by atoms with Crippen LogP contribution >= 0.6 is 12.4 Å². The summed E-state index contributed by atoms with van der Waals surface area (Å²) in [5, 5.41) is 17.2. The number of hydrogen-bond acceptors (Lipinski definition) is 2. The Morgan fingerprint density at radius 2 is 0.452 bits per heavy atom. The zero-order valence-corrected chi connectivity index (χ0v) is 22.5. The standard InChI is InChI=1S/2C14H30O.ClH/c2*1-2-3-4-5-6-7-8-9-10-11-12-13-14-15;/h2*15H,2-14H2,1H3;1H. The Balaban J connectivity index is -0.000000490. The van der Waals surface area contributed by atoms with E-state index in [4.69, 9.17) is 10.2 Å². The lowest BCUT2D eigenvalue weighted by Crippen LogP contribution is -1.84. The van der Waals surface area contributed by atoms with Gasteiger partial charge in [-0.25, -0.2) is 0 Å². The highest BCUT2D eigenvalue weighted by molar-refractivity contribution is 5.85. The van der Waals surface area contributed by atoms with Gasteiger partial charge in [-0.2, -0.15) is 0 Å². The van der Waals surface area contributed by atoms with E-state index in [0.717, 1.165) is 12.8 Å². The zero-order chi connectivity index (χ0) is 22.4. The normalized spacial score (nSPS) is 10.5. The number of unbranched alkanes of at least 4 members (excludes halogenated alkanes) is 22. The molecular weight excluding hydrogens is 404 g/mol. The van der Waals surface area contributed by atoms with Crippen molar-refractivity contribution in [2.45, 2.75) is 168 Å². The number of rotatable bonds is 24. The van der Waals surface area contributed by atoms with Crippen LogP contribution in [-0.4, -0.2) is 23.4 Å². The van der Waals surface area contributed by atoms with Crippen LogP contribution in [-0.2, 0) is 0 Å². The minimum absolute atomic E-state index is 0. The molecule has 0 spiro atoms. The average Bonchev–Trinajstić information content (AvgIpc) is 2.76. The molecular formula is C28H61ClO2. The first-order valence-corrected chi connectivity index (χ1v) is 14.0. The zero-order valence-electron chi connectivity index (χ0n) is 21.7. The molecule has 0 saturated carbocycles. The first kappa shape index (κ1) is 35.8. The van der Waals surface area contributed by atoms with Crippen molar-refractivity contribution in [3.8, 4) is 0 Å². The van der Waals surface area contributed by atoms with Crippen LogP contribution in [0.2, 0.25) is 0 Å². The summed E-state index contributed by atoms with van der Waals surface area (Å²) in [7, 11) is 0. The van der Waals surface area contributed by atoms with Crippen molar-refractivity contribution in [2.75, 3.05) is 13.2 Å². The van der Waals surface area contributed by atoms with Crippen molar-refractivity contribution in [1.29, 1.82) is 0 Å². The third kappa shape index (κ3) is 41.0. The topological polar surface area (TPSA) is 40.5 Å². The van der Waals surface area contributed by atoms with Gasteiger partial charge in [0.2, 0.25) is 0 Å². The van der Waals surface area contributed by atoms with Crippen molar-refractivity contribution >= 4 is 12.4 Å². The van der Waals surface area contributed by atoms with Gasteiger partial charge in [0, 0.05) is 13.2 Å².